The Morgan fingerprint density at radius 1 is 1.25 bits per heavy atom. The van der Waals surface area contributed by atoms with Crippen LogP contribution in [-0.4, -0.2) is 21.5 Å². The van der Waals surface area contributed by atoms with E-state index in [1.807, 2.05) is 6.92 Å². The lowest BCUT2D eigenvalue weighted by Crippen LogP contribution is -2.36. The summed E-state index contributed by atoms with van der Waals surface area (Å²) in [6.45, 7) is 3.29. The molecule has 0 radical (unpaired) electrons. The Bertz CT molecular complexity index is 623. The summed E-state index contributed by atoms with van der Waals surface area (Å²) in [4.78, 5) is 13.4. The van der Waals surface area contributed by atoms with Gasteiger partial charge in [0.05, 0.1) is 17.7 Å². The number of ether oxygens (including phenoxy) is 1. The van der Waals surface area contributed by atoms with Crippen LogP contribution in [0.3, 0.4) is 0 Å². The number of carbonyl (C=O) groups is 1. The molecule has 0 saturated carbocycles. The van der Waals surface area contributed by atoms with Crippen LogP contribution >= 0.6 is 11.6 Å². The molecule has 1 aromatic carbocycles. The number of esters is 1. The second kappa shape index (κ2) is 6.74. The van der Waals surface area contributed by atoms with Crippen molar-refractivity contribution in [1.82, 2.24) is 10.3 Å². The Morgan fingerprint density at radius 2 is 1.80 bits per heavy atom. The molecular weight excluding hydrogens is 304 g/mol. The van der Waals surface area contributed by atoms with Crippen molar-refractivity contribution >= 4 is 27.6 Å². The maximum atomic E-state index is 12.0. The predicted octanol–water partition coefficient (Wildman–Crippen LogP) is 1.42. The van der Waals surface area contributed by atoms with Gasteiger partial charge in [-0.3, -0.25) is 0 Å². The van der Waals surface area contributed by atoms with Crippen molar-refractivity contribution in [3.8, 4) is 0 Å². The van der Waals surface area contributed by atoms with Gasteiger partial charge in [0.25, 0.3) is 10.0 Å². The highest BCUT2D eigenvalue weighted by molar-refractivity contribution is 7.89. The number of allylic oxidation sites excluding steroid dienone is 1. The number of halogens is 1. The molecule has 110 valence electrons. The van der Waals surface area contributed by atoms with E-state index in [9.17, 15) is 13.2 Å². The van der Waals surface area contributed by atoms with Crippen LogP contribution < -0.4 is 10.3 Å². The molecule has 2 N–H and O–H groups in total. The first kappa shape index (κ1) is 16.5. The summed E-state index contributed by atoms with van der Waals surface area (Å²) in [7, 11) is -2.57. The lowest BCUT2D eigenvalue weighted by atomic mass is 10.2. The average Bonchev–Trinajstić information content (AvgIpc) is 2.43. The number of rotatable bonds is 5. The van der Waals surface area contributed by atoms with Gasteiger partial charge in [-0.1, -0.05) is 29.3 Å². The summed E-state index contributed by atoms with van der Waals surface area (Å²) < 4.78 is 28.3. The van der Waals surface area contributed by atoms with Gasteiger partial charge in [-0.25, -0.2) is 13.2 Å². The standard InChI is InChI=1S/C12H15ClN2O4S/c1-8-4-6-10(7-5-8)20(17,18)15-14-9(2)11(13)12(16)19-3/h4-7,14-15H,1-3H3. The molecule has 0 bridgehead atoms. The summed E-state index contributed by atoms with van der Waals surface area (Å²) in [6.07, 6.45) is 0. The molecule has 0 amide bonds. The van der Waals surface area contributed by atoms with E-state index in [1.165, 1.54) is 26.2 Å². The Labute approximate surface area is 122 Å². The molecule has 6 nitrogen and oxygen atoms in total. The third-order valence-corrected chi connectivity index (χ3v) is 4.10. The van der Waals surface area contributed by atoms with Crippen molar-refractivity contribution in [1.29, 1.82) is 0 Å². The van der Waals surface area contributed by atoms with Crippen molar-refractivity contribution in [2.45, 2.75) is 18.7 Å². The van der Waals surface area contributed by atoms with Crippen LogP contribution in [0.25, 0.3) is 0 Å². The van der Waals surface area contributed by atoms with E-state index < -0.39 is 16.0 Å². The quantitative estimate of drug-likeness (QED) is 0.487. The molecule has 1 rings (SSSR count). The summed E-state index contributed by atoms with van der Waals surface area (Å²) in [6, 6.07) is 6.30. The highest BCUT2D eigenvalue weighted by Crippen LogP contribution is 2.11. The molecule has 0 atom stereocenters. The number of hydrogen-bond donors (Lipinski definition) is 2. The molecule has 8 heteroatoms. The second-order valence-electron chi connectivity index (χ2n) is 3.97. The highest BCUT2D eigenvalue weighted by Gasteiger charge is 2.15. The minimum atomic E-state index is -3.74. The smallest absolute Gasteiger partial charge is 0.351 e. The Kier molecular flexibility index (Phi) is 5.55. The van der Waals surface area contributed by atoms with Gasteiger partial charge in [0.15, 0.2) is 0 Å². The second-order valence-corrected chi connectivity index (χ2v) is 6.03. The van der Waals surface area contributed by atoms with E-state index in [4.69, 9.17) is 11.6 Å². The van der Waals surface area contributed by atoms with Gasteiger partial charge in [-0.2, -0.15) is 0 Å². The molecule has 20 heavy (non-hydrogen) atoms. The number of methoxy groups -OCH3 is 1. The first-order valence-corrected chi connectivity index (χ1v) is 7.43. The normalized spacial score (nSPS) is 12.6. The molecule has 1 aromatic rings. The summed E-state index contributed by atoms with van der Waals surface area (Å²) in [5.41, 5.74) is 3.44. The van der Waals surface area contributed by atoms with Crippen LogP contribution in [0, 0.1) is 6.92 Å². The summed E-state index contributed by atoms with van der Waals surface area (Å²) >= 11 is 5.69. The number of carbonyl (C=O) groups excluding carboxylic acids is 1. The Hall–Kier alpha value is -1.57. The van der Waals surface area contributed by atoms with E-state index in [1.54, 1.807) is 12.1 Å². The molecule has 0 aliphatic rings. The number of aryl methyl sites for hydroxylation is 1. The molecule has 0 spiro atoms. The van der Waals surface area contributed by atoms with Gasteiger partial charge in [0, 0.05) is 0 Å². The molecule has 0 unspecified atom stereocenters. The van der Waals surface area contributed by atoms with E-state index in [0.29, 0.717) is 0 Å². The third-order valence-electron chi connectivity index (χ3n) is 2.40. The van der Waals surface area contributed by atoms with Crippen molar-refractivity contribution in [3.63, 3.8) is 0 Å². The van der Waals surface area contributed by atoms with Gasteiger partial charge in [-0.05, 0) is 26.0 Å². The van der Waals surface area contributed by atoms with Crippen molar-refractivity contribution in [2.24, 2.45) is 0 Å². The third kappa shape index (κ3) is 4.22. The molecule has 0 aliphatic heterocycles. The molecule has 0 aromatic heterocycles. The van der Waals surface area contributed by atoms with Gasteiger partial charge in [0.1, 0.15) is 5.03 Å². The number of benzene rings is 1. The van der Waals surface area contributed by atoms with Gasteiger partial charge >= 0.3 is 5.97 Å². The largest absolute Gasteiger partial charge is 0.465 e. The zero-order valence-electron chi connectivity index (χ0n) is 11.2. The Balaban J connectivity index is 2.83. The topological polar surface area (TPSA) is 84.5 Å². The van der Waals surface area contributed by atoms with Gasteiger partial charge in [-0.15, -0.1) is 4.83 Å². The maximum Gasteiger partial charge on any atom is 0.351 e. The van der Waals surface area contributed by atoms with Crippen molar-refractivity contribution in [3.05, 3.63) is 40.6 Å². The van der Waals surface area contributed by atoms with E-state index >= 15 is 0 Å². The zero-order valence-corrected chi connectivity index (χ0v) is 12.8. The minimum Gasteiger partial charge on any atom is -0.465 e. The van der Waals surface area contributed by atoms with E-state index in [0.717, 1.165) is 5.56 Å². The molecule has 0 heterocycles. The lowest BCUT2D eigenvalue weighted by molar-refractivity contribution is -0.135. The molecule has 0 saturated heterocycles. The number of hydrazine groups is 1. The minimum absolute atomic E-state index is 0.0950. The van der Waals surface area contributed by atoms with Gasteiger partial charge in [0.2, 0.25) is 0 Å². The summed E-state index contributed by atoms with van der Waals surface area (Å²) in [5.74, 6) is -0.758. The van der Waals surface area contributed by atoms with Crippen LogP contribution in [0.15, 0.2) is 39.9 Å². The first-order valence-electron chi connectivity index (χ1n) is 5.57. The molecular formula is C12H15ClN2O4S. The number of nitrogens with one attached hydrogen (secondary N) is 2. The van der Waals surface area contributed by atoms with Crippen LogP contribution in [-0.2, 0) is 19.6 Å². The van der Waals surface area contributed by atoms with Crippen LogP contribution in [0.5, 0.6) is 0 Å². The first-order chi connectivity index (χ1) is 9.27. The van der Waals surface area contributed by atoms with Crippen molar-refractivity contribution in [2.75, 3.05) is 7.11 Å². The fraction of sp³-hybridized carbons (Fsp3) is 0.250. The molecule has 0 fully saturated rings. The van der Waals surface area contributed by atoms with Gasteiger partial charge < -0.3 is 10.2 Å². The lowest BCUT2D eigenvalue weighted by Gasteiger charge is -2.11. The summed E-state index contributed by atoms with van der Waals surface area (Å²) in [5, 5.41) is -0.237. The van der Waals surface area contributed by atoms with Crippen LogP contribution in [0.1, 0.15) is 12.5 Å². The Morgan fingerprint density at radius 3 is 2.30 bits per heavy atom. The van der Waals surface area contributed by atoms with Crippen molar-refractivity contribution < 1.29 is 17.9 Å². The van der Waals surface area contributed by atoms with E-state index in [2.05, 4.69) is 15.0 Å². The highest BCUT2D eigenvalue weighted by atomic mass is 35.5. The van der Waals surface area contributed by atoms with Crippen LogP contribution in [0.4, 0.5) is 0 Å². The SMILES string of the molecule is COC(=O)C(Cl)=C(C)NNS(=O)(=O)c1ccc(C)cc1. The number of sulfonamides is 1. The molecule has 0 aliphatic carbocycles. The van der Waals surface area contributed by atoms with Crippen LogP contribution in [0.2, 0.25) is 0 Å². The fourth-order valence-corrected chi connectivity index (χ4v) is 2.24. The fourth-order valence-electron chi connectivity index (χ4n) is 1.22. The average molecular weight is 319 g/mol. The maximum absolute atomic E-state index is 12.0. The number of hydrogen-bond acceptors (Lipinski definition) is 5. The monoisotopic (exact) mass is 318 g/mol. The predicted molar refractivity (Wildman–Crippen MR) is 75.2 cm³/mol. The van der Waals surface area contributed by atoms with E-state index in [-0.39, 0.29) is 15.6 Å². The zero-order chi connectivity index (χ0) is 15.3.